The molecule has 2 heterocycles. The van der Waals surface area contributed by atoms with Crippen LogP contribution in [-0.4, -0.2) is 36.0 Å². The minimum absolute atomic E-state index is 0.212. The first kappa shape index (κ1) is 17.9. The molecule has 2 aliphatic rings. The molecule has 1 aromatic rings. The van der Waals surface area contributed by atoms with Crippen LogP contribution in [0.5, 0.6) is 5.75 Å². The third-order valence-corrected chi connectivity index (χ3v) is 4.43. The lowest BCUT2D eigenvalue weighted by Crippen LogP contribution is -2.27. The summed E-state index contributed by atoms with van der Waals surface area (Å²) in [6, 6.07) is 5.70. The minimum Gasteiger partial charge on any atom is -0.483 e. The number of nitrogens with zero attached hydrogens (tertiary/aromatic N) is 2. The van der Waals surface area contributed by atoms with Crippen molar-refractivity contribution in [1.82, 2.24) is 5.32 Å². The second-order valence-corrected chi connectivity index (χ2v) is 7.10. The maximum Gasteiger partial charge on any atom is 0.331 e. The molecule has 2 aliphatic heterocycles. The molecule has 26 heavy (non-hydrogen) atoms. The number of benzene rings is 1. The lowest BCUT2D eigenvalue weighted by atomic mass is 10.0. The Kier molecular flexibility index (Phi) is 4.94. The van der Waals surface area contributed by atoms with Crippen LogP contribution in [-0.2, 0) is 14.3 Å². The Hall–Kier alpha value is -2.87. The van der Waals surface area contributed by atoms with E-state index in [-0.39, 0.29) is 10.5 Å². The molecule has 134 valence electrons. The number of ether oxygens (including phenoxy) is 2. The lowest BCUT2D eigenvalue weighted by molar-refractivity contribution is -0.135. The van der Waals surface area contributed by atoms with E-state index < -0.39 is 11.9 Å². The summed E-state index contributed by atoms with van der Waals surface area (Å²) < 4.78 is 10.4. The van der Waals surface area contributed by atoms with E-state index in [2.05, 4.69) is 20.3 Å². The van der Waals surface area contributed by atoms with Crippen molar-refractivity contribution < 1.29 is 19.1 Å². The highest BCUT2D eigenvalue weighted by molar-refractivity contribution is 8.18. The zero-order valence-electron chi connectivity index (χ0n) is 14.5. The predicted molar refractivity (Wildman–Crippen MR) is 101 cm³/mol. The molecule has 0 aromatic heterocycles. The van der Waals surface area contributed by atoms with Gasteiger partial charge in [0.25, 0.3) is 5.91 Å². The molecule has 1 fully saturated rings. The van der Waals surface area contributed by atoms with E-state index in [0.29, 0.717) is 5.17 Å². The highest BCUT2D eigenvalue weighted by atomic mass is 32.2. The molecule has 0 aliphatic carbocycles. The average Bonchev–Trinajstić information content (AvgIpc) is 2.93. The van der Waals surface area contributed by atoms with Crippen LogP contribution in [0, 0.1) is 0 Å². The van der Waals surface area contributed by atoms with Crippen molar-refractivity contribution in [3.8, 4) is 5.75 Å². The van der Waals surface area contributed by atoms with Gasteiger partial charge in [0.1, 0.15) is 11.4 Å². The average molecular weight is 371 g/mol. The fourth-order valence-electron chi connectivity index (χ4n) is 2.27. The van der Waals surface area contributed by atoms with Crippen LogP contribution in [0.1, 0.15) is 25.0 Å². The van der Waals surface area contributed by atoms with Crippen LogP contribution in [0.15, 0.2) is 45.5 Å². The summed E-state index contributed by atoms with van der Waals surface area (Å²) in [5.41, 5.74) is 1.50. The van der Waals surface area contributed by atoms with Crippen molar-refractivity contribution in [2.75, 3.05) is 7.11 Å². The first-order valence-corrected chi connectivity index (χ1v) is 8.60. The monoisotopic (exact) mass is 371 g/mol. The summed E-state index contributed by atoms with van der Waals surface area (Å²) in [5, 5.41) is 10.8. The molecular weight excluding hydrogens is 354 g/mol. The standard InChI is InChI=1S/C18H17N3O4S/c1-18(2)7-6-12-8-11(4-5-13(12)25-18)10-19-21-17-20-16(23)14(26-17)9-15(22)24-3/h4-10H,1-3H3,(H,20,21,23)/b14-9+,19-10?. The highest BCUT2D eigenvalue weighted by Gasteiger charge is 2.25. The number of fused-ring (bicyclic) bond motifs is 1. The lowest BCUT2D eigenvalue weighted by Gasteiger charge is -2.27. The molecule has 0 saturated carbocycles. The quantitative estimate of drug-likeness (QED) is 0.382. The predicted octanol–water partition coefficient (Wildman–Crippen LogP) is 2.48. The molecular formula is C18H17N3O4S. The van der Waals surface area contributed by atoms with Crippen LogP contribution in [0.4, 0.5) is 0 Å². The summed E-state index contributed by atoms with van der Waals surface area (Å²) in [7, 11) is 1.25. The van der Waals surface area contributed by atoms with Crippen molar-refractivity contribution >= 4 is 41.1 Å². The van der Waals surface area contributed by atoms with Gasteiger partial charge in [-0.25, -0.2) is 4.79 Å². The van der Waals surface area contributed by atoms with E-state index in [4.69, 9.17) is 4.74 Å². The van der Waals surface area contributed by atoms with Gasteiger partial charge in [-0.3, -0.25) is 10.1 Å². The Morgan fingerprint density at radius 3 is 2.96 bits per heavy atom. The van der Waals surface area contributed by atoms with E-state index in [1.54, 1.807) is 6.21 Å². The first-order chi connectivity index (χ1) is 12.4. The van der Waals surface area contributed by atoms with Gasteiger partial charge in [-0.05, 0) is 55.4 Å². The summed E-state index contributed by atoms with van der Waals surface area (Å²) in [6.07, 6.45) is 6.70. The number of carbonyl (C=O) groups is 2. The second-order valence-electron chi connectivity index (χ2n) is 6.07. The fourth-order valence-corrected chi connectivity index (χ4v) is 3.01. The fraction of sp³-hybridized carbons (Fsp3) is 0.222. The Labute approximate surface area is 154 Å². The molecule has 1 N–H and O–H groups in total. The largest absolute Gasteiger partial charge is 0.483 e. The maximum absolute atomic E-state index is 11.7. The number of amides is 1. The van der Waals surface area contributed by atoms with Gasteiger partial charge in [0.05, 0.1) is 18.2 Å². The van der Waals surface area contributed by atoms with Crippen molar-refractivity contribution in [3.05, 3.63) is 46.4 Å². The van der Waals surface area contributed by atoms with Gasteiger partial charge >= 0.3 is 5.97 Å². The summed E-state index contributed by atoms with van der Waals surface area (Å²) in [4.78, 5) is 23.1. The van der Waals surface area contributed by atoms with Crippen molar-refractivity contribution in [2.24, 2.45) is 10.2 Å². The van der Waals surface area contributed by atoms with Gasteiger partial charge in [0.2, 0.25) is 0 Å². The number of nitrogens with one attached hydrogen (secondary N) is 1. The number of esters is 1. The topological polar surface area (TPSA) is 89.3 Å². The third kappa shape index (κ3) is 4.20. The molecule has 7 nitrogen and oxygen atoms in total. The number of methoxy groups -OCH3 is 1. The van der Waals surface area contributed by atoms with E-state index in [1.807, 2.05) is 44.2 Å². The van der Waals surface area contributed by atoms with Gasteiger partial charge in [-0.1, -0.05) is 6.08 Å². The van der Waals surface area contributed by atoms with Crippen LogP contribution >= 0.6 is 11.8 Å². The number of hydrogen-bond donors (Lipinski definition) is 1. The van der Waals surface area contributed by atoms with Crippen LogP contribution in [0.3, 0.4) is 0 Å². The molecule has 3 rings (SSSR count). The Morgan fingerprint density at radius 2 is 2.19 bits per heavy atom. The molecule has 0 atom stereocenters. The Morgan fingerprint density at radius 1 is 1.38 bits per heavy atom. The molecule has 0 bridgehead atoms. The van der Waals surface area contributed by atoms with Gasteiger partial charge in [-0.2, -0.15) is 5.10 Å². The van der Waals surface area contributed by atoms with Gasteiger partial charge in [0, 0.05) is 11.6 Å². The van der Waals surface area contributed by atoms with Crippen LogP contribution in [0.2, 0.25) is 0 Å². The van der Waals surface area contributed by atoms with Gasteiger partial charge in [0.15, 0.2) is 5.17 Å². The van der Waals surface area contributed by atoms with E-state index >= 15 is 0 Å². The van der Waals surface area contributed by atoms with E-state index in [1.165, 1.54) is 7.11 Å². The van der Waals surface area contributed by atoms with Crippen LogP contribution < -0.4 is 10.1 Å². The number of amidine groups is 1. The highest BCUT2D eigenvalue weighted by Crippen LogP contribution is 2.31. The number of hydrogen-bond acceptors (Lipinski definition) is 7. The van der Waals surface area contributed by atoms with Crippen molar-refractivity contribution in [1.29, 1.82) is 0 Å². The number of carbonyl (C=O) groups excluding carboxylic acids is 2. The van der Waals surface area contributed by atoms with Gasteiger partial charge < -0.3 is 9.47 Å². The summed E-state index contributed by atoms with van der Waals surface area (Å²) >= 11 is 1.02. The maximum atomic E-state index is 11.7. The number of thioether (sulfide) groups is 1. The molecule has 0 unspecified atom stereocenters. The summed E-state index contributed by atoms with van der Waals surface area (Å²) in [5.74, 6) is -0.190. The zero-order valence-corrected chi connectivity index (χ0v) is 15.3. The minimum atomic E-state index is -0.597. The molecule has 0 radical (unpaired) electrons. The molecule has 0 spiro atoms. The molecule has 8 heteroatoms. The second kappa shape index (κ2) is 7.17. The van der Waals surface area contributed by atoms with Crippen molar-refractivity contribution in [2.45, 2.75) is 19.4 Å². The number of rotatable bonds is 3. The first-order valence-electron chi connectivity index (χ1n) is 7.78. The molecule has 1 aromatic carbocycles. The van der Waals surface area contributed by atoms with Gasteiger partial charge in [-0.15, -0.1) is 5.10 Å². The molecule has 1 amide bonds. The molecule has 1 saturated heterocycles. The van der Waals surface area contributed by atoms with E-state index in [9.17, 15) is 9.59 Å². The van der Waals surface area contributed by atoms with Crippen LogP contribution in [0.25, 0.3) is 6.08 Å². The zero-order chi connectivity index (χ0) is 18.7. The Bertz CT molecular complexity index is 884. The SMILES string of the molecule is COC(=O)/C=C1/S/C(=N\N=Cc2ccc3c(c2)C=CC(C)(C)O3)NC1=O. The van der Waals surface area contributed by atoms with Crippen molar-refractivity contribution in [3.63, 3.8) is 0 Å². The normalized spacial score (nSPS) is 21.0. The smallest absolute Gasteiger partial charge is 0.331 e. The summed E-state index contributed by atoms with van der Waals surface area (Å²) in [6.45, 7) is 3.99. The Balaban J connectivity index is 1.70. The third-order valence-electron chi connectivity index (χ3n) is 3.53. The van der Waals surface area contributed by atoms with E-state index in [0.717, 1.165) is 34.7 Å².